The highest BCUT2D eigenvalue weighted by molar-refractivity contribution is 5.76. The normalized spacial score (nSPS) is 12.8. The average Bonchev–Trinajstić information content (AvgIpc) is 3.46. The standard InChI is InChI=1S/C74H139NO5/c1-3-5-7-9-11-13-15-17-19-40-44-48-52-56-60-64-68-74(79)80-69-65-61-57-53-49-45-41-38-36-34-32-30-28-26-24-22-20-21-23-25-27-29-31-33-35-37-39-43-47-51-55-59-63-67-73(78)75-71(70-76)72(77)66-62-58-54-50-46-42-18-16-14-12-10-8-6-4-2/h13,15,19,24,26,40,62,66,71-72,76-77H,3-12,14,16-18,20-23,25,27-39,41-61,63-65,67-70H2,1-2H3,(H,75,78)/b15-13-,26-24-,40-19-,66-62+. The molecule has 0 aliphatic rings. The van der Waals surface area contributed by atoms with Gasteiger partial charge in [-0.3, -0.25) is 9.59 Å². The average molecular weight is 1120 g/mol. The second-order valence-corrected chi connectivity index (χ2v) is 24.6. The van der Waals surface area contributed by atoms with Crippen molar-refractivity contribution in [3.63, 3.8) is 0 Å². The highest BCUT2D eigenvalue weighted by atomic mass is 16.5. The molecule has 6 nitrogen and oxygen atoms in total. The number of rotatable bonds is 67. The van der Waals surface area contributed by atoms with Gasteiger partial charge in [0, 0.05) is 12.8 Å². The van der Waals surface area contributed by atoms with Crippen LogP contribution < -0.4 is 5.32 Å². The fourth-order valence-electron chi connectivity index (χ4n) is 11.1. The van der Waals surface area contributed by atoms with Crippen molar-refractivity contribution in [2.45, 2.75) is 398 Å². The van der Waals surface area contributed by atoms with Gasteiger partial charge in [-0.15, -0.1) is 0 Å². The molecule has 0 aromatic rings. The number of esters is 1. The first-order chi connectivity index (χ1) is 39.5. The van der Waals surface area contributed by atoms with Crippen molar-refractivity contribution >= 4 is 11.9 Å². The largest absolute Gasteiger partial charge is 0.466 e. The molecule has 0 aromatic carbocycles. The number of aliphatic hydroxyl groups excluding tert-OH is 2. The summed E-state index contributed by atoms with van der Waals surface area (Å²) in [4.78, 5) is 24.6. The lowest BCUT2D eigenvalue weighted by Crippen LogP contribution is -2.45. The van der Waals surface area contributed by atoms with Gasteiger partial charge >= 0.3 is 5.97 Å². The minimum absolute atomic E-state index is 0.00501. The molecule has 3 N–H and O–H groups in total. The van der Waals surface area contributed by atoms with E-state index in [2.05, 4.69) is 55.6 Å². The third kappa shape index (κ3) is 65.0. The Balaban J connectivity index is 3.36. The molecule has 0 heterocycles. The maximum atomic E-state index is 12.5. The molecule has 0 spiro atoms. The molecule has 6 heteroatoms. The van der Waals surface area contributed by atoms with Gasteiger partial charge < -0.3 is 20.3 Å². The Bertz CT molecular complexity index is 1340. The lowest BCUT2D eigenvalue weighted by atomic mass is 10.0. The minimum atomic E-state index is -0.842. The number of ether oxygens (including phenoxy) is 1. The van der Waals surface area contributed by atoms with Crippen LogP contribution in [0.4, 0.5) is 0 Å². The number of hydrogen-bond donors (Lipinski definition) is 3. The quantitative estimate of drug-likeness (QED) is 0.0320. The summed E-state index contributed by atoms with van der Waals surface area (Å²) in [5.41, 5.74) is 0. The third-order valence-electron chi connectivity index (χ3n) is 16.6. The molecule has 0 aliphatic carbocycles. The van der Waals surface area contributed by atoms with E-state index in [-0.39, 0.29) is 18.5 Å². The van der Waals surface area contributed by atoms with Crippen molar-refractivity contribution < 1.29 is 24.5 Å². The number of aliphatic hydroxyl groups is 2. The van der Waals surface area contributed by atoms with Crippen molar-refractivity contribution in [1.29, 1.82) is 0 Å². The van der Waals surface area contributed by atoms with Crippen LogP contribution in [0.3, 0.4) is 0 Å². The van der Waals surface area contributed by atoms with E-state index in [0.717, 1.165) is 51.4 Å². The summed E-state index contributed by atoms with van der Waals surface area (Å²) in [6, 6.07) is -0.625. The van der Waals surface area contributed by atoms with Gasteiger partial charge in [-0.25, -0.2) is 0 Å². The summed E-state index contributed by atoms with van der Waals surface area (Å²) in [5.74, 6) is -0.0585. The zero-order chi connectivity index (χ0) is 57.8. The van der Waals surface area contributed by atoms with Crippen LogP contribution in [0.25, 0.3) is 0 Å². The summed E-state index contributed by atoms with van der Waals surface area (Å²) in [7, 11) is 0. The first kappa shape index (κ1) is 77.8. The van der Waals surface area contributed by atoms with E-state index in [1.54, 1.807) is 6.08 Å². The molecule has 1 amide bonds. The summed E-state index contributed by atoms with van der Waals surface area (Å²) in [5, 5.41) is 23.1. The lowest BCUT2D eigenvalue weighted by Gasteiger charge is -2.20. The zero-order valence-corrected chi connectivity index (χ0v) is 53.8. The molecule has 2 atom stereocenters. The second-order valence-electron chi connectivity index (χ2n) is 24.6. The number of amides is 1. The van der Waals surface area contributed by atoms with Crippen molar-refractivity contribution in [1.82, 2.24) is 5.32 Å². The van der Waals surface area contributed by atoms with E-state index in [4.69, 9.17) is 4.74 Å². The molecular weight excluding hydrogens is 983 g/mol. The maximum Gasteiger partial charge on any atom is 0.305 e. The third-order valence-corrected chi connectivity index (χ3v) is 16.6. The van der Waals surface area contributed by atoms with Crippen molar-refractivity contribution in [3.05, 3.63) is 48.6 Å². The van der Waals surface area contributed by atoms with Gasteiger partial charge in [-0.2, -0.15) is 0 Å². The molecule has 0 aliphatic heterocycles. The molecule has 0 saturated carbocycles. The van der Waals surface area contributed by atoms with Crippen molar-refractivity contribution in [3.8, 4) is 0 Å². The highest BCUT2D eigenvalue weighted by Crippen LogP contribution is 2.18. The Kier molecular flexibility index (Phi) is 67.4. The van der Waals surface area contributed by atoms with Gasteiger partial charge in [0.15, 0.2) is 0 Å². The Hall–Kier alpha value is -2.18. The van der Waals surface area contributed by atoms with Crippen LogP contribution in [0.1, 0.15) is 386 Å². The highest BCUT2D eigenvalue weighted by Gasteiger charge is 2.18. The van der Waals surface area contributed by atoms with E-state index in [1.807, 2.05) is 6.08 Å². The number of unbranched alkanes of at least 4 members (excludes halogenated alkanes) is 50. The van der Waals surface area contributed by atoms with Gasteiger partial charge in [0.2, 0.25) is 5.91 Å². The smallest absolute Gasteiger partial charge is 0.305 e. The molecule has 2 unspecified atom stereocenters. The Morgan fingerprint density at radius 2 is 0.625 bits per heavy atom. The predicted molar refractivity (Wildman–Crippen MR) is 352 cm³/mol. The molecule has 0 rings (SSSR count). The van der Waals surface area contributed by atoms with Gasteiger partial charge in [-0.1, -0.05) is 332 Å². The predicted octanol–water partition coefficient (Wildman–Crippen LogP) is 23.3. The van der Waals surface area contributed by atoms with Crippen LogP contribution in [0.5, 0.6) is 0 Å². The Morgan fingerprint density at radius 1 is 0.350 bits per heavy atom. The fourth-order valence-corrected chi connectivity index (χ4v) is 11.1. The number of nitrogens with one attached hydrogen (secondary N) is 1. The molecule has 0 saturated heterocycles. The van der Waals surface area contributed by atoms with Gasteiger partial charge in [0.1, 0.15) is 0 Å². The van der Waals surface area contributed by atoms with Crippen molar-refractivity contribution in [2.75, 3.05) is 13.2 Å². The monoisotopic (exact) mass is 1120 g/mol. The molecule has 0 aromatic heterocycles. The van der Waals surface area contributed by atoms with Gasteiger partial charge in [0.05, 0.1) is 25.4 Å². The lowest BCUT2D eigenvalue weighted by molar-refractivity contribution is -0.143. The summed E-state index contributed by atoms with van der Waals surface area (Å²) >= 11 is 0. The van der Waals surface area contributed by atoms with Crippen LogP contribution in [-0.4, -0.2) is 47.4 Å². The van der Waals surface area contributed by atoms with Crippen LogP contribution in [-0.2, 0) is 14.3 Å². The number of carbonyl (C=O) groups excluding carboxylic acids is 2. The molecule has 0 fully saturated rings. The Morgan fingerprint density at radius 3 is 0.975 bits per heavy atom. The SMILES string of the molecule is CCCCCC/C=C\C/C=C\CCCCCCCC(=O)OCCCCCCCCCCCCCC/C=C\CCCCCCCCCCCCCCCCCCCC(=O)NC(CO)C(O)/C=C/CCCCCCCCCCCCCC. The molecule has 470 valence electrons. The van der Waals surface area contributed by atoms with E-state index in [0.29, 0.717) is 19.4 Å². The first-order valence-electron chi connectivity index (χ1n) is 35.9. The zero-order valence-electron chi connectivity index (χ0n) is 53.8. The summed E-state index contributed by atoms with van der Waals surface area (Å²) < 4.78 is 5.49. The molecule has 0 radical (unpaired) electrons. The summed E-state index contributed by atoms with van der Waals surface area (Å²) in [6.45, 7) is 4.90. The molecule has 0 bridgehead atoms. The summed E-state index contributed by atoms with van der Waals surface area (Å²) in [6.07, 6.45) is 90.6. The maximum absolute atomic E-state index is 12.5. The van der Waals surface area contributed by atoms with Crippen molar-refractivity contribution in [2.24, 2.45) is 0 Å². The topological polar surface area (TPSA) is 95.9 Å². The van der Waals surface area contributed by atoms with E-state index < -0.39 is 12.1 Å². The molecule has 80 heavy (non-hydrogen) atoms. The number of carbonyl (C=O) groups is 2. The fraction of sp³-hybridized carbons (Fsp3) is 0.865. The Labute approximate surface area is 499 Å². The number of allylic oxidation sites excluding steroid dienone is 7. The van der Waals surface area contributed by atoms with Gasteiger partial charge in [0.25, 0.3) is 0 Å². The molecular formula is C74H139NO5. The first-order valence-corrected chi connectivity index (χ1v) is 35.9. The van der Waals surface area contributed by atoms with Crippen LogP contribution in [0.15, 0.2) is 48.6 Å². The van der Waals surface area contributed by atoms with Crippen LogP contribution >= 0.6 is 0 Å². The second kappa shape index (κ2) is 69.3. The number of hydrogen-bond acceptors (Lipinski definition) is 5. The van der Waals surface area contributed by atoms with Gasteiger partial charge in [-0.05, 0) is 89.9 Å². The van der Waals surface area contributed by atoms with E-state index in [9.17, 15) is 19.8 Å². The van der Waals surface area contributed by atoms with Crippen LogP contribution in [0, 0.1) is 0 Å². The van der Waals surface area contributed by atoms with E-state index in [1.165, 1.54) is 308 Å². The van der Waals surface area contributed by atoms with E-state index >= 15 is 0 Å². The minimum Gasteiger partial charge on any atom is -0.466 e. The van der Waals surface area contributed by atoms with Crippen LogP contribution in [0.2, 0.25) is 0 Å².